The zero-order valence-electron chi connectivity index (χ0n) is 21.2. The van der Waals surface area contributed by atoms with Gasteiger partial charge in [0.15, 0.2) is 0 Å². The number of benzene rings is 2. The molecule has 0 radical (unpaired) electrons. The molecule has 0 spiro atoms. The van der Waals surface area contributed by atoms with Crippen molar-refractivity contribution in [1.29, 1.82) is 0 Å². The molecule has 37 heavy (non-hydrogen) atoms. The Hall–Kier alpha value is -2.55. The fourth-order valence-electron chi connectivity index (χ4n) is 4.57. The van der Waals surface area contributed by atoms with Crippen LogP contribution in [0.4, 0.5) is 4.39 Å². The fraction of sp³-hybridized carbons (Fsp3) is 0.379. The molecule has 0 saturated carbocycles. The van der Waals surface area contributed by atoms with Crippen molar-refractivity contribution < 1.29 is 14.0 Å². The van der Waals surface area contributed by atoms with Gasteiger partial charge in [-0.1, -0.05) is 40.5 Å². The van der Waals surface area contributed by atoms with E-state index in [9.17, 15) is 14.0 Å². The average molecular weight is 587 g/mol. The molecule has 0 unspecified atom stereocenters. The molecule has 0 atom stereocenters. The molecule has 196 valence electrons. The summed E-state index contributed by atoms with van der Waals surface area (Å²) in [6, 6.07) is 17.6. The van der Waals surface area contributed by atoms with Crippen LogP contribution in [-0.4, -0.2) is 59.2 Å². The van der Waals surface area contributed by atoms with Gasteiger partial charge in [0.1, 0.15) is 12.4 Å². The minimum Gasteiger partial charge on any atom is -0.332 e. The number of hydrogen-bond acceptors (Lipinski definition) is 4. The maximum atomic E-state index is 13.7. The molecule has 1 fully saturated rings. The molecule has 2 amide bonds. The van der Waals surface area contributed by atoms with Gasteiger partial charge in [0.05, 0.1) is 6.54 Å². The molecule has 1 aliphatic heterocycles. The van der Waals surface area contributed by atoms with Crippen molar-refractivity contribution in [2.45, 2.75) is 39.3 Å². The van der Waals surface area contributed by atoms with Crippen LogP contribution in [0.2, 0.25) is 0 Å². The molecule has 2 aromatic carbocycles. The van der Waals surface area contributed by atoms with Gasteiger partial charge < -0.3 is 14.7 Å². The fourth-order valence-corrected chi connectivity index (χ4v) is 5.87. The predicted molar refractivity (Wildman–Crippen MR) is 150 cm³/mol. The lowest BCUT2D eigenvalue weighted by Gasteiger charge is -2.31. The van der Waals surface area contributed by atoms with E-state index in [1.807, 2.05) is 31.2 Å². The van der Waals surface area contributed by atoms with Crippen LogP contribution < -0.4 is 0 Å². The topological polar surface area (TPSA) is 43.9 Å². The van der Waals surface area contributed by atoms with Crippen molar-refractivity contribution >= 4 is 39.1 Å². The summed E-state index contributed by atoms with van der Waals surface area (Å²) in [4.78, 5) is 35.4. The highest BCUT2D eigenvalue weighted by atomic mass is 79.9. The van der Waals surface area contributed by atoms with Crippen LogP contribution in [-0.2, 0) is 17.9 Å². The van der Waals surface area contributed by atoms with Gasteiger partial charge >= 0.3 is 0 Å². The van der Waals surface area contributed by atoms with E-state index >= 15 is 0 Å². The van der Waals surface area contributed by atoms with E-state index in [1.54, 1.807) is 45.4 Å². The Morgan fingerprint density at radius 1 is 0.973 bits per heavy atom. The Labute approximate surface area is 231 Å². The van der Waals surface area contributed by atoms with Crippen LogP contribution in [0.25, 0.3) is 0 Å². The van der Waals surface area contributed by atoms with Crippen molar-refractivity contribution in [3.63, 3.8) is 0 Å². The highest BCUT2D eigenvalue weighted by Crippen LogP contribution is 2.20. The molecule has 4 rings (SSSR count). The number of halogens is 2. The number of rotatable bonds is 10. The summed E-state index contributed by atoms with van der Waals surface area (Å²) in [5.41, 5.74) is 1.40. The highest BCUT2D eigenvalue weighted by molar-refractivity contribution is 9.10. The van der Waals surface area contributed by atoms with Crippen LogP contribution in [0.5, 0.6) is 0 Å². The Balaban J connectivity index is 1.53. The van der Waals surface area contributed by atoms with Crippen molar-refractivity contribution in [3.05, 3.63) is 91.8 Å². The number of thiophene rings is 1. The van der Waals surface area contributed by atoms with Gasteiger partial charge in [-0.3, -0.25) is 9.59 Å². The minimum atomic E-state index is -0.306. The van der Waals surface area contributed by atoms with Crippen LogP contribution in [0.1, 0.15) is 44.9 Å². The maximum absolute atomic E-state index is 13.7. The summed E-state index contributed by atoms with van der Waals surface area (Å²) in [6.07, 6.45) is 3.59. The van der Waals surface area contributed by atoms with Crippen LogP contribution in [0.15, 0.2) is 65.1 Å². The Morgan fingerprint density at radius 3 is 2.41 bits per heavy atom. The third-order valence-electron chi connectivity index (χ3n) is 6.60. The maximum Gasteiger partial charge on any atom is 0.254 e. The Kier molecular flexibility index (Phi) is 9.88. The van der Waals surface area contributed by atoms with Crippen molar-refractivity contribution in [3.8, 4) is 0 Å². The molecular weight excluding hydrogens is 553 g/mol. The predicted octanol–water partition coefficient (Wildman–Crippen LogP) is 6.12. The summed E-state index contributed by atoms with van der Waals surface area (Å²) >= 11 is 5.11. The SMILES string of the molecule is Cc1ccc(CN(Cc2ccc(F)cc2)C(=O)CN(CCN2CCCCC2)C(=O)c2cccc(Br)c2)s1. The quantitative estimate of drug-likeness (QED) is 0.288. The van der Waals surface area contributed by atoms with Gasteiger partial charge in [-0.25, -0.2) is 4.39 Å². The van der Waals surface area contributed by atoms with E-state index in [0.29, 0.717) is 25.2 Å². The number of nitrogens with zero attached hydrogens (tertiary/aromatic N) is 3. The number of carbonyl (C=O) groups is 2. The first-order chi connectivity index (χ1) is 17.9. The number of amides is 2. The number of aryl methyl sites for hydroxylation is 1. The zero-order valence-corrected chi connectivity index (χ0v) is 23.6. The summed E-state index contributed by atoms with van der Waals surface area (Å²) < 4.78 is 14.3. The standard InChI is InChI=1S/C29H33BrFN3O2S/c1-22-8-13-27(37-22)20-34(19-23-9-11-26(31)12-10-23)28(35)21-33(17-16-32-14-3-2-4-15-32)29(36)24-6-5-7-25(30)18-24/h5-13,18H,2-4,14-17,19-21H2,1H3. The van der Waals surface area contributed by atoms with Crippen molar-refractivity contribution in [2.24, 2.45) is 0 Å². The number of likely N-dealkylation sites (tertiary alicyclic amines) is 1. The Bertz CT molecular complexity index is 1190. The molecule has 0 bridgehead atoms. The summed E-state index contributed by atoms with van der Waals surface area (Å²) in [5, 5.41) is 0. The van der Waals surface area contributed by atoms with E-state index in [0.717, 1.165) is 34.5 Å². The summed E-state index contributed by atoms with van der Waals surface area (Å²) in [5.74, 6) is -0.586. The molecule has 8 heteroatoms. The minimum absolute atomic E-state index is 0.00919. The molecule has 1 saturated heterocycles. The third kappa shape index (κ3) is 8.22. The van der Waals surface area contributed by atoms with E-state index in [1.165, 1.54) is 36.3 Å². The van der Waals surface area contributed by atoms with E-state index in [4.69, 9.17) is 0 Å². The first kappa shape index (κ1) is 27.5. The molecule has 5 nitrogen and oxygen atoms in total. The second kappa shape index (κ2) is 13.3. The van der Waals surface area contributed by atoms with Gasteiger partial charge in [-0.15, -0.1) is 11.3 Å². The number of hydrogen-bond donors (Lipinski definition) is 0. The highest BCUT2D eigenvalue weighted by Gasteiger charge is 2.24. The lowest BCUT2D eigenvalue weighted by Crippen LogP contribution is -2.46. The molecule has 0 N–H and O–H groups in total. The zero-order chi connectivity index (χ0) is 26.2. The van der Waals surface area contributed by atoms with Gasteiger partial charge in [0, 0.05) is 39.4 Å². The van der Waals surface area contributed by atoms with Gasteiger partial charge in [-0.05, 0) is 80.9 Å². The smallest absolute Gasteiger partial charge is 0.254 e. The normalized spacial score (nSPS) is 13.9. The Morgan fingerprint density at radius 2 is 1.73 bits per heavy atom. The van der Waals surface area contributed by atoms with Gasteiger partial charge in [0.2, 0.25) is 5.91 Å². The van der Waals surface area contributed by atoms with Crippen molar-refractivity contribution in [1.82, 2.24) is 14.7 Å². The third-order valence-corrected chi connectivity index (χ3v) is 8.08. The first-order valence-electron chi connectivity index (χ1n) is 12.7. The van der Waals surface area contributed by atoms with Crippen molar-refractivity contribution in [2.75, 3.05) is 32.7 Å². The van der Waals surface area contributed by atoms with E-state index in [2.05, 4.69) is 20.8 Å². The monoisotopic (exact) mass is 585 g/mol. The second-order valence-corrected chi connectivity index (χ2v) is 11.8. The number of carbonyl (C=O) groups excluding carboxylic acids is 2. The molecule has 1 aliphatic rings. The van der Waals surface area contributed by atoms with E-state index in [-0.39, 0.29) is 24.2 Å². The molecule has 2 heterocycles. The van der Waals surface area contributed by atoms with Crippen LogP contribution in [0, 0.1) is 12.7 Å². The second-order valence-electron chi connectivity index (χ2n) is 9.53. The molecule has 1 aromatic heterocycles. The molecule has 3 aromatic rings. The van der Waals surface area contributed by atoms with Crippen LogP contribution in [0.3, 0.4) is 0 Å². The molecule has 0 aliphatic carbocycles. The summed E-state index contributed by atoms with van der Waals surface area (Å²) in [7, 11) is 0. The molecular formula is C29H33BrFN3O2S. The van der Waals surface area contributed by atoms with Gasteiger partial charge in [-0.2, -0.15) is 0 Å². The van der Waals surface area contributed by atoms with Gasteiger partial charge in [0.25, 0.3) is 5.91 Å². The largest absolute Gasteiger partial charge is 0.332 e. The summed E-state index contributed by atoms with van der Waals surface area (Å²) in [6.45, 7) is 6.11. The lowest BCUT2D eigenvalue weighted by molar-refractivity contribution is -0.133. The first-order valence-corrected chi connectivity index (χ1v) is 14.3. The lowest BCUT2D eigenvalue weighted by atomic mass is 10.1. The van der Waals surface area contributed by atoms with Crippen LogP contribution >= 0.6 is 27.3 Å². The number of piperidine rings is 1. The van der Waals surface area contributed by atoms with E-state index < -0.39 is 0 Å². The average Bonchev–Trinajstić information content (AvgIpc) is 3.32.